The van der Waals surface area contributed by atoms with Crippen molar-refractivity contribution in [3.8, 4) is 0 Å². The van der Waals surface area contributed by atoms with Gasteiger partial charge in [-0.2, -0.15) is 0 Å². The van der Waals surface area contributed by atoms with Crippen LogP contribution in [-0.4, -0.2) is 26.6 Å². The number of cyclic esters (lactones) is 1. The third-order valence-corrected chi connectivity index (χ3v) is 3.65. The first-order valence-electron chi connectivity index (χ1n) is 5.03. The molecule has 92 valence electrons. The molecule has 0 saturated carbocycles. The van der Waals surface area contributed by atoms with E-state index in [1.54, 1.807) is 6.08 Å². The molecule has 0 fully saturated rings. The Labute approximate surface area is 112 Å². The summed E-state index contributed by atoms with van der Waals surface area (Å²) in [5.41, 5.74) is -0.0984. The van der Waals surface area contributed by atoms with Crippen molar-refractivity contribution in [3.63, 3.8) is 0 Å². The van der Waals surface area contributed by atoms with E-state index in [2.05, 4.69) is 0 Å². The van der Waals surface area contributed by atoms with Crippen molar-refractivity contribution in [2.75, 3.05) is 0 Å². The predicted octanol–water partition coefficient (Wildman–Crippen LogP) is 1.62. The number of carbonyl (C=O) groups excluding carboxylic acids is 2. The second-order valence-electron chi connectivity index (χ2n) is 4.29. The number of ether oxygens (including phenoxy) is 2. The lowest BCUT2D eigenvalue weighted by Crippen LogP contribution is -2.40. The molecule has 0 aromatic rings. The lowest BCUT2D eigenvalue weighted by Gasteiger charge is -2.32. The molecule has 0 aromatic carbocycles. The van der Waals surface area contributed by atoms with Gasteiger partial charge in [0.15, 0.2) is 5.78 Å². The predicted molar refractivity (Wildman–Crippen MR) is 66.4 cm³/mol. The van der Waals surface area contributed by atoms with Gasteiger partial charge in [0.1, 0.15) is 5.57 Å². The first-order valence-corrected chi connectivity index (χ1v) is 6.28. The van der Waals surface area contributed by atoms with Crippen LogP contribution in [0, 0.1) is 5.92 Å². The Morgan fingerprint density at radius 3 is 2.47 bits per heavy atom. The van der Waals surface area contributed by atoms with E-state index in [1.165, 1.54) is 19.9 Å². The Morgan fingerprint density at radius 2 is 2.00 bits per heavy atom. The van der Waals surface area contributed by atoms with Gasteiger partial charge >= 0.3 is 5.97 Å². The highest BCUT2D eigenvalue weighted by atomic mass is 127. The van der Waals surface area contributed by atoms with Gasteiger partial charge in [-0.25, -0.2) is 4.79 Å². The fraction of sp³-hybridized carbons (Fsp3) is 0.455. The van der Waals surface area contributed by atoms with Crippen LogP contribution in [0.3, 0.4) is 0 Å². The van der Waals surface area contributed by atoms with Gasteiger partial charge in [0.25, 0.3) is 11.7 Å². The van der Waals surface area contributed by atoms with E-state index in [4.69, 9.17) is 9.47 Å². The zero-order chi connectivity index (χ0) is 12.8. The quantitative estimate of drug-likeness (QED) is 0.442. The Morgan fingerprint density at radius 1 is 1.35 bits per heavy atom. The van der Waals surface area contributed by atoms with E-state index >= 15 is 0 Å². The van der Waals surface area contributed by atoms with Crippen molar-refractivity contribution in [1.82, 2.24) is 0 Å². The summed E-state index contributed by atoms with van der Waals surface area (Å²) in [6.07, 6.45) is 3.08. The highest BCUT2D eigenvalue weighted by Gasteiger charge is 2.44. The average Bonchev–Trinajstić information content (AvgIpc) is 2.46. The number of rotatable bonds is 1. The Hall–Kier alpha value is -1.05. The minimum absolute atomic E-state index is 0.0984. The molecular formula is C11H11IO5. The van der Waals surface area contributed by atoms with Crippen molar-refractivity contribution in [3.05, 3.63) is 23.7 Å². The number of hydrogen-bond donors (Lipinski definition) is 1. The van der Waals surface area contributed by atoms with E-state index in [-0.39, 0.29) is 15.3 Å². The van der Waals surface area contributed by atoms with Crippen LogP contribution in [0.25, 0.3) is 0 Å². The molecule has 2 atom stereocenters. The number of hydrogen-bond acceptors (Lipinski definition) is 5. The first kappa shape index (κ1) is 12.4. The molecule has 0 bridgehead atoms. The van der Waals surface area contributed by atoms with Crippen LogP contribution in [0.4, 0.5) is 0 Å². The summed E-state index contributed by atoms with van der Waals surface area (Å²) in [6, 6.07) is 0. The maximum atomic E-state index is 11.8. The highest BCUT2D eigenvalue weighted by Crippen LogP contribution is 2.36. The smallest absolute Gasteiger partial charge is 0.345 e. The number of allylic oxidation sites excluding steroid dienone is 2. The first-order chi connectivity index (χ1) is 7.82. The summed E-state index contributed by atoms with van der Waals surface area (Å²) in [5.74, 6) is -3.39. The number of alkyl halides is 1. The van der Waals surface area contributed by atoms with Gasteiger partial charge < -0.3 is 14.6 Å². The summed E-state index contributed by atoms with van der Waals surface area (Å²) in [6.45, 7) is 3.02. The zero-order valence-corrected chi connectivity index (χ0v) is 11.4. The monoisotopic (exact) mass is 350 g/mol. The molecule has 5 nitrogen and oxygen atoms in total. The number of carbonyl (C=O) groups is 2. The van der Waals surface area contributed by atoms with Crippen molar-refractivity contribution in [1.29, 1.82) is 0 Å². The Bertz CT molecular complexity index is 449. The number of aliphatic hydroxyl groups is 1. The minimum atomic E-state index is -1.21. The summed E-state index contributed by atoms with van der Waals surface area (Å²) < 4.78 is 9.89. The molecule has 2 rings (SSSR count). The Balaban J connectivity index is 2.38. The van der Waals surface area contributed by atoms with E-state index in [0.717, 1.165) is 0 Å². The zero-order valence-electron chi connectivity index (χ0n) is 9.27. The van der Waals surface area contributed by atoms with Gasteiger partial charge in [-0.15, -0.1) is 0 Å². The fourth-order valence-corrected chi connectivity index (χ4v) is 2.72. The minimum Gasteiger partial charge on any atom is -0.480 e. The molecule has 0 aromatic heterocycles. The van der Waals surface area contributed by atoms with Crippen molar-refractivity contribution < 1.29 is 24.2 Å². The normalized spacial score (nSPS) is 31.5. The summed E-state index contributed by atoms with van der Waals surface area (Å²) >= 11 is 2.02. The molecule has 17 heavy (non-hydrogen) atoms. The molecule has 1 aliphatic heterocycles. The van der Waals surface area contributed by atoms with Crippen LogP contribution in [0.5, 0.6) is 0 Å². The lowest BCUT2D eigenvalue weighted by atomic mass is 9.95. The van der Waals surface area contributed by atoms with Gasteiger partial charge in [0.05, 0.1) is 5.92 Å². The molecule has 0 spiro atoms. The van der Waals surface area contributed by atoms with Gasteiger partial charge in [-0.05, 0) is 6.08 Å². The topological polar surface area (TPSA) is 72.8 Å². The van der Waals surface area contributed by atoms with E-state index in [9.17, 15) is 14.7 Å². The maximum absolute atomic E-state index is 11.8. The standard InChI is InChI=1S/C11H11IO5/c1-11(2)16-9(14)8(10(15)17-11)7-5(12)3-4-6(7)13/h3-5,7,14H,1-2H3. The van der Waals surface area contributed by atoms with Crippen molar-refractivity contribution in [2.24, 2.45) is 5.92 Å². The SMILES string of the molecule is CC1(C)OC(=O)C(C2C(=O)C=CC2I)=C(O)O1. The van der Waals surface area contributed by atoms with Crippen LogP contribution in [-0.2, 0) is 19.1 Å². The average molecular weight is 350 g/mol. The molecule has 0 amide bonds. The number of ketones is 1. The molecule has 6 heteroatoms. The molecule has 2 aliphatic rings. The van der Waals surface area contributed by atoms with Gasteiger partial charge in [0.2, 0.25) is 0 Å². The lowest BCUT2D eigenvalue weighted by molar-refractivity contribution is -0.223. The van der Waals surface area contributed by atoms with E-state index in [0.29, 0.717) is 0 Å². The van der Waals surface area contributed by atoms with Gasteiger partial charge in [0, 0.05) is 17.8 Å². The third kappa shape index (κ3) is 2.18. The summed E-state index contributed by atoms with van der Waals surface area (Å²) in [4.78, 5) is 23.4. The van der Waals surface area contributed by atoms with Crippen LogP contribution in [0.15, 0.2) is 23.7 Å². The Kier molecular flexibility index (Phi) is 2.92. The van der Waals surface area contributed by atoms with E-state index < -0.39 is 23.6 Å². The molecule has 1 N–H and O–H groups in total. The summed E-state index contributed by atoms with van der Waals surface area (Å²) in [5, 5.41) is 9.74. The van der Waals surface area contributed by atoms with Crippen LogP contribution < -0.4 is 0 Å². The molecule has 1 aliphatic carbocycles. The third-order valence-electron chi connectivity index (χ3n) is 2.51. The largest absolute Gasteiger partial charge is 0.480 e. The van der Waals surface area contributed by atoms with Gasteiger partial charge in [-0.1, -0.05) is 28.7 Å². The number of halogens is 1. The van der Waals surface area contributed by atoms with Crippen molar-refractivity contribution >= 4 is 34.3 Å². The molecule has 0 saturated heterocycles. The van der Waals surface area contributed by atoms with Crippen LogP contribution in [0.2, 0.25) is 0 Å². The second kappa shape index (κ2) is 4.01. The summed E-state index contributed by atoms with van der Waals surface area (Å²) in [7, 11) is 0. The molecule has 2 unspecified atom stereocenters. The van der Waals surface area contributed by atoms with E-state index in [1.807, 2.05) is 22.6 Å². The van der Waals surface area contributed by atoms with Crippen molar-refractivity contribution in [2.45, 2.75) is 23.6 Å². The van der Waals surface area contributed by atoms with Gasteiger partial charge in [-0.3, -0.25) is 4.79 Å². The number of aliphatic hydroxyl groups excluding tert-OH is 1. The number of esters is 1. The van der Waals surface area contributed by atoms with Crippen LogP contribution >= 0.6 is 22.6 Å². The molecule has 0 radical (unpaired) electrons. The second-order valence-corrected chi connectivity index (χ2v) is 5.73. The fourth-order valence-electron chi connectivity index (χ4n) is 1.79. The maximum Gasteiger partial charge on any atom is 0.345 e. The molecular weight excluding hydrogens is 339 g/mol. The van der Waals surface area contributed by atoms with Crippen LogP contribution in [0.1, 0.15) is 13.8 Å². The highest BCUT2D eigenvalue weighted by molar-refractivity contribution is 14.1. The molecule has 1 heterocycles.